The SMILES string of the molecule is C=C[C@@H](OC(=O)N(C)C)[C@@H]1CC[C@H]1CN1C[C@@]2(CCCc3cc(Cl)ccc32)COc2ccc(S(N)(=O)=O)cc21. The van der Waals surface area contributed by atoms with Crippen molar-refractivity contribution in [3.05, 3.63) is 65.2 Å². The number of halogens is 1. The summed E-state index contributed by atoms with van der Waals surface area (Å²) in [6, 6.07) is 10.9. The van der Waals surface area contributed by atoms with E-state index in [4.69, 9.17) is 26.2 Å². The zero-order valence-electron chi connectivity index (χ0n) is 22.4. The van der Waals surface area contributed by atoms with E-state index in [2.05, 4.69) is 23.6 Å². The van der Waals surface area contributed by atoms with Gasteiger partial charge in [0.25, 0.3) is 0 Å². The van der Waals surface area contributed by atoms with Crippen molar-refractivity contribution in [3.8, 4) is 5.75 Å². The lowest BCUT2D eigenvalue weighted by molar-refractivity contribution is 0.0143. The first-order valence-electron chi connectivity index (χ1n) is 13.3. The number of carbonyl (C=O) groups excluding carboxylic acids is 1. The molecule has 2 aliphatic carbocycles. The van der Waals surface area contributed by atoms with Crippen LogP contribution in [0, 0.1) is 11.8 Å². The molecule has 10 heteroatoms. The summed E-state index contributed by atoms with van der Waals surface area (Å²) in [4.78, 5) is 16.0. The van der Waals surface area contributed by atoms with Gasteiger partial charge in [0, 0.05) is 43.5 Å². The number of anilines is 1. The summed E-state index contributed by atoms with van der Waals surface area (Å²) in [6.45, 7) is 5.71. The van der Waals surface area contributed by atoms with Gasteiger partial charge in [0.05, 0.1) is 17.2 Å². The number of sulfonamides is 1. The fraction of sp³-hybridized carbons (Fsp3) is 0.483. The molecule has 1 saturated carbocycles. The summed E-state index contributed by atoms with van der Waals surface area (Å²) in [5.74, 6) is 0.974. The van der Waals surface area contributed by atoms with Gasteiger partial charge in [0.2, 0.25) is 10.0 Å². The van der Waals surface area contributed by atoms with E-state index in [-0.39, 0.29) is 22.1 Å². The number of rotatable bonds is 6. The van der Waals surface area contributed by atoms with E-state index in [0.717, 1.165) is 37.1 Å². The molecule has 1 heterocycles. The van der Waals surface area contributed by atoms with E-state index in [1.807, 2.05) is 6.07 Å². The average molecular weight is 574 g/mol. The van der Waals surface area contributed by atoms with Gasteiger partial charge in [0.1, 0.15) is 11.9 Å². The Balaban J connectivity index is 1.51. The summed E-state index contributed by atoms with van der Waals surface area (Å²) in [5.41, 5.74) is 2.90. The normalized spacial score (nSPS) is 24.9. The number of carbonyl (C=O) groups is 1. The number of hydrogen-bond acceptors (Lipinski definition) is 6. The predicted octanol–water partition coefficient (Wildman–Crippen LogP) is 4.74. The van der Waals surface area contributed by atoms with Crippen LogP contribution in [0.3, 0.4) is 0 Å². The van der Waals surface area contributed by atoms with E-state index in [0.29, 0.717) is 31.1 Å². The summed E-state index contributed by atoms with van der Waals surface area (Å²) >= 11 is 6.35. The fourth-order valence-corrected chi connectivity index (χ4v) is 7.07. The first-order valence-corrected chi connectivity index (χ1v) is 15.3. The second-order valence-electron chi connectivity index (χ2n) is 11.3. The van der Waals surface area contributed by atoms with Crippen molar-refractivity contribution < 1.29 is 22.7 Å². The van der Waals surface area contributed by atoms with Crippen molar-refractivity contribution >= 4 is 33.4 Å². The highest BCUT2D eigenvalue weighted by molar-refractivity contribution is 7.89. The molecule has 5 rings (SSSR count). The topological polar surface area (TPSA) is 102 Å². The highest BCUT2D eigenvalue weighted by atomic mass is 35.5. The van der Waals surface area contributed by atoms with Gasteiger partial charge in [-0.25, -0.2) is 18.4 Å². The van der Waals surface area contributed by atoms with Gasteiger partial charge >= 0.3 is 6.09 Å². The first-order chi connectivity index (χ1) is 18.5. The number of aryl methyl sites for hydroxylation is 1. The standard InChI is InChI=1S/C29H36ClN3O5S/c1-4-26(38-28(34)32(2)3)23-10-7-20(23)16-33-17-29(13-5-6-19-14-21(30)8-11-24(19)29)18-37-27-12-9-22(15-25(27)33)39(31,35)36/h4,8-9,11-12,14-15,20,23,26H,1,5-7,10,13,16-18H2,2-3H3,(H2,31,35,36)/t20-,23+,26+,29-/m0/s1. The van der Waals surface area contributed by atoms with Gasteiger partial charge in [-0.15, -0.1) is 0 Å². The molecule has 8 nitrogen and oxygen atoms in total. The summed E-state index contributed by atoms with van der Waals surface area (Å²) in [7, 11) is -0.582. The monoisotopic (exact) mass is 573 g/mol. The third kappa shape index (κ3) is 5.49. The molecule has 1 amide bonds. The van der Waals surface area contributed by atoms with Crippen molar-refractivity contribution in [1.82, 2.24) is 4.90 Å². The van der Waals surface area contributed by atoms with Crippen LogP contribution in [0.4, 0.5) is 10.5 Å². The van der Waals surface area contributed by atoms with Gasteiger partial charge in [-0.1, -0.05) is 30.3 Å². The lowest BCUT2D eigenvalue weighted by atomic mass is 9.68. The van der Waals surface area contributed by atoms with E-state index < -0.39 is 22.2 Å². The Bertz CT molecular complexity index is 1380. The van der Waals surface area contributed by atoms with Gasteiger partial charge < -0.3 is 19.3 Å². The molecule has 3 aliphatic rings. The van der Waals surface area contributed by atoms with Crippen LogP contribution in [-0.2, 0) is 26.6 Å². The van der Waals surface area contributed by atoms with Gasteiger partial charge in [-0.3, -0.25) is 0 Å². The third-order valence-corrected chi connectivity index (χ3v) is 9.67. The molecule has 0 radical (unpaired) electrons. The third-order valence-electron chi connectivity index (χ3n) is 8.52. The summed E-state index contributed by atoms with van der Waals surface area (Å²) in [5, 5.41) is 6.23. The maximum atomic E-state index is 12.3. The number of benzene rings is 2. The number of primary sulfonamides is 1. The van der Waals surface area contributed by atoms with Crippen LogP contribution in [-0.4, -0.2) is 59.3 Å². The largest absolute Gasteiger partial charge is 0.490 e. The number of ether oxygens (including phenoxy) is 2. The first kappa shape index (κ1) is 27.8. The van der Waals surface area contributed by atoms with Crippen molar-refractivity contribution in [2.24, 2.45) is 17.0 Å². The maximum Gasteiger partial charge on any atom is 0.409 e. The number of fused-ring (bicyclic) bond motifs is 3. The Labute approximate surface area is 235 Å². The Kier molecular flexibility index (Phi) is 7.61. The van der Waals surface area contributed by atoms with Crippen LogP contribution in [0.1, 0.15) is 36.8 Å². The van der Waals surface area contributed by atoms with Gasteiger partial charge in [-0.2, -0.15) is 0 Å². The Morgan fingerprint density at radius 1 is 1.31 bits per heavy atom. The number of nitrogens with two attached hydrogens (primary N) is 1. The molecule has 1 spiro atoms. The molecule has 2 N–H and O–H groups in total. The average Bonchev–Trinajstić information content (AvgIpc) is 3.02. The molecule has 0 bridgehead atoms. The smallest absolute Gasteiger partial charge is 0.409 e. The van der Waals surface area contributed by atoms with E-state index in [1.54, 1.807) is 32.3 Å². The van der Waals surface area contributed by atoms with Gasteiger partial charge in [-0.05, 0) is 79.5 Å². The highest BCUT2D eigenvalue weighted by Gasteiger charge is 2.44. The molecular formula is C29H36ClN3O5S. The van der Waals surface area contributed by atoms with Crippen molar-refractivity contribution in [2.45, 2.75) is 48.5 Å². The molecule has 39 heavy (non-hydrogen) atoms. The lowest BCUT2D eigenvalue weighted by Crippen LogP contribution is -2.50. The minimum atomic E-state index is -3.90. The molecule has 0 saturated heterocycles. The van der Waals surface area contributed by atoms with Crippen molar-refractivity contribution in [2.75, 3.05) is 38.7 Å². The van der Waals surface area contributed by atoms with E-state index >= 15 is 0 Å². The predicted molar refractivity (Wildman–Crippen MR) is 152 cm³/mol. The molecule has 210 valence electrons. The molecule has 1 aliphatic heterocycles. The second kappa shape index (κ2) is 10.7. The molecule has 0 aromatic heterocycles. The second-order valence-corrected chi connectivity index (χ2v) is 13.3. The minimum absolute atomic E-state index is 0.0515. The number of amides is 1. The Hall–Kier alpha value is -2.75. The zero-order valence-corrected chi connectivity index (χ0v) is 24.0. The quantitative estimate of drug-likeness (QED) is 0.501. The summed E-state index contributed by atoms with van der Waals surface area (Å²) < 4.78 is 36.7. The van der Waals surface area contributed by atoms with Crippen LogP contribution in [0.2, 0.25) is 5.02 Å². The Morgan fingerprint density at radius 3 is 2.77 bits per heavy atom. The molecule has 0 unspecified atom stereocenters. The molecular weight excluding hydrogens is 538 g/mol. The number of hydrogen-bond donors (Lipinski definition) is 1. The van der Waals surface area contributed by atoms with Crippen LogP contribution in [0.5, 0.6) is 5.75 Å². The van der Waals surface area contributed by atoms with Crippen molar-refractivity contribution in [1.29, 1.82) is 0 Å². The number of nitrogens with zero attached hydrogens (tertiary/aromatic N) is 2. The zero-order chi connectivity index (χ0) is 27.9. The van der Waals surface area contributed by atoms with Gasteiger partial charge in [0.15, 0.2) is 0 Å². The van der Waals surface area contributed by atoms with E-state index in [1.165, 1.54) is 22.1 Å². The molecule has 1 fully saturated rings. The van der Waals surface area contributed by atoms with Crippen molar-refractivity contribution in [3.63, 3.8) is 0 Å². The van der Waals surface area contributed by atoms with Crippen LogP contribution >= 0.6 is 11.6 Å². The van der Waals surface area contributed by atoms with Crippen LogP contribution in [0.15, 0.2) is 53.9 Å². The fourth-order valence-electron chi connectivity index (χ4n) is 6.34. The highest BCUT2D eigenvalue weighted by Crippen LogP contribution is 2.47. The minimum Gasteiger partial charge on any atom is -0.490 e. The van der Waals surface area contributed by atoms with E-state index in [9.17, 15) is 13.2 Å². The van der Waals surface area contributed by atoms with Crippen LogP contribution < -0.4 is 14.8 Å². The molecule has 2 aromatic rings. The molecule has 2 aromatic carbocycles. The molecule has 4 atom stereocenters. The van der Waals surface area contributed by atoms with Crippen LogP contribution in [0.25, 0.3) is 0 Å². The Morgan fingerprint density at radius 2 is 2.10 bits per heavy atom. The summed E-state index contributed by atoms with van der Waals surface area (Å²) in [6.07, 6.45) is 5.71. The maximum absolute atomic E-state index is 12.3. The lowest BCUT2D eigenvalue weighted by Gasteiger charge is -2.46.